The molecule has 1 saturated carbocycles. The molecule has 3 rings (SSSR count). The quantitative estimate of drug-likeness (QED) is 0.776. The van der Waals surface area contributed by atoms with Crippen LogP contribution in [0.1, 0.15) is 59.9 Å². The second-order valence-corrected chi connectivity index (χ2v) is 5.50. The number of nitrogens with zero attached hydrogens (tertiary/aromatic N) is 3. The number of aromatic nitrogens is 3. The van der Waals surface area contributed by atoms with E-state index in [1.165, 1.54) is 32.1 Å². The van der Waals surface area contributed by atoms with Crippen LogP contribution in [-0.4, -0.2) is 20.8 Å². The number of aldehydes is 1. The van der Waals surface area contributed by atoms with Gasteiger partial charge in [0.1, 0.15) is 11.5 Å². The van der Waals surface area contributed by atoms with Crippen molar-refractivity contribution in [3.8, 4) is 0 Å². The van der Waals surface area contributed by atoms with Gasteiger partial charge in [-0.05, 0) is 19.8 Å². The summed E-state index contributed by atoms with van der Waals surface area (Å²) in [6.07, 6.45) is 8.99. The molecule has 0 spiro atoms. The third-order valence-electron chi connectivity index (χ3n) is 4.10. The number of carbonyl (C=O) groups excluding carboxylic acids is 1. The van der Waals surface area contributed by atoms with Crippen molar-refractivity contribution in [1.29, 1.82) is 0 Å². The van der Waals surface area contributed by atoms with Gasteiger partial charge in [0.15, 0.2) is 6.29 Å². The van der Waals surface area contributed by atoms with Crippen molar-refractivity contribution in [2.75, 3.05) is 0 Å². The van der Waals surface area contributed by atoms with Crippen molar-refractivity contribution in [3.05, 3.63) is 23.3 Å². The zero-order valence-electron chi connectivity index (χ0n) is 11.5. The average molecular weight is 257 g/mol. The molecule has 1 aliphatic carbocycles. The van der Waals surface area contributed by atoms with Crippen LogP contribution in [0.5, 0.6) is 0 Å². The maximum Gasteiger partial charge on any atom is 0.152 e. The van der Waals surface area contributed by atoms with Crippen LogP contribution in [-0.2, 0) is 7.05 Å². The number of hydrogen-bond acceptors (Lipinski definition) is 3. The highest BCUT2D eigenvalue weighted by Gasteiger charge is 2.23. The van der Waals surface area contributed by atoms with Gasteiger partial charge in [0.25, 0.3) is 0 Å². The summed E-state index contributed by atoms with van der Waals surface area (Å²) in [6.45, 7) is 1.93. The van der Waals surface area contributed by atoms with Gasteiger partial charge in [-0.2, -0.15) is 0 Å². The van der Waals surface area contributed by atoms with Crippen molar-refractivity contribution in [2.24, 2.45) is 7.05 Å². The molecule has 4 heteroatoms. The molecule has 0 atom stereocenters. The van der Waals surface area contributed by atoms with Crippen LogP contribution in [0.4, 0.5) is 0 Å². The van der Waals surface area contributed by atoms with Crippen molar-refractivity contribution >= 4 is 17.3 Å². The first-order valence-electron chi connectivity index (χ1n) is 6.99. The second kappa shape index (κ2) is 4.76. The summed E-state index contributed by atoms with van der Waals surface area (Å²) in [6, 6.07) is 0. The van der Waals surface area contributed by atoms with Gasteiger partial charge >= 0.3 is 0 Å². The highest BCUT2D eigenvalue weighted by molar-refractivity contribution is 5.97. The van der Waals surface area contributed by atoms with Crippen LogP contribution >= 0.6 is 0 Å². The molecule has 0 N–H and O–H groups in total. The van der Waals surface area contributed by atoms with Gasteiger partial charge in [0, 0.05) is 24.7 Å². The predicted octanol–water partition coefficient (Wildman–Crippen LogP) is 3.14. The van der Waals surface area contributed by atoms with Gasteiger partial charge < -0.3 is 4.57 Å². The van der Waals surface area contributed by atoms with Gasteiger partial charge in [-0.3, -0.25) is 4.79 Å². The topological polar surface area (TPSA) is 47.8 Å². The largest absolute Gasteiger partial charge is 0.335 e. The first-order chi connectivity index (χ1) is 9.20. The number of carbonyl (C=O) groups is 1. The Morgan fingerprint density at radius 1 is 1.26 bits per heavy atom. The second-order valence-electron chi connectivity index (χ2n) is 5.50. The van der Waals surface area contributed by atoms with Crippen LogP contribution < -0.4 is 0 Å². The molecule has 0 radical (unpaired) electrons. The number of hydrogen-bond donors (Lipinski definition) is 0. The molecule has 100 valence electrons. The Morgan fingerprint density at radius 2 is 2.00 bits per heavy atom. The maximum absolute atomic E-state index is 11.3. The smallest absolute Gasteiger partial charge is 0.152 e. The fourth-order valence-corrected chi connectivity index (χ4v) is 3.21. The van der Waals surface area contributed by atoms with Crippen molar-refractivity contribution < 1.29 is 4.79 Å². The van der Waals surface area contributed by atoms with E-state index in [1.54, 1.807) is 0 Å². The highest BCUT2D eigenvalue weighted by atomic mass is 16.1. The minimum Gasteiger partial charge on any atom is -0.335 e. The first-order valence-corrected chi connectivity index (χ1v) is 6.99. The van der Waals surface area contributed by atoms with Gasteiger partial charge in [-0.1, -0.05) is 19.3 Å². The van der Waals surface area contributed by atoms with Crippen molar-refractivity contribution in [1.82, 2.24) is 14.5 Å². The van der Waals surface area contributed by atoms with E-state index >= 15 is 0 Å². The van der Waals surface area contributed by atoms with Gasteiger partial charge in [-0.25, -0.2) is 9.97 Å². The molecule has 19 heavy (non-hydrogen) atoms. The van der Waals surface area contributed by atoms with Crippen LogP contribution in [0.2, 0.25) is 0 Å². The summed E-state index contributed by atoms with van der Waals surface area (Å²) in [5.41, 5.74) is 2.69. The summed E-state index contributed by atoms with van der Waals surface area (Å²) >= 11 is 0. The predicted molar refractivity (Wildman–Crippen MR) is 74.5 cm³/mol. The lowest BCUT2D eigenvalue weighted by atomic mass is 9.85. The van der Waals surface area contributed by atoms with E-state index in [9.17, 15) is 4.79 Å². The Hall–Kier alpha value is -1.71. The van der Waals surface area contributed by atoms with Crippen molar-refractivity contribution in [2.45, 2.75) is 44.9 Å². The van der Waals surface area contributed by atoms with Crippen molar-refractivity contribution in [3.63, 3.8) is 0 Å². The lowest BCUT2D eigenvalue weighted by Crippen LogP contribution is -2.09. The summed E-state index contributed by atoms with van der Waals surface area (Å²) < 4.78 is 1.93. The van der Waals surface area contributed by atoms with Crippen LogP contribution in [0.3, 0.4) is 0 Å². The molecule has 4 nitrogen and oxygen atoms in total. The lowest BCUT2D eigenvalue weighted by molar-refractivity contribution is 0.112. The van der Waals surface area contributed by atoms with Crippen LogP contribution in [0, 0.1) is 6.92 Å². The molecule has 0 saturated heterocycles. The zero-order valence-corrected chi connectivity index (χ0v) is 11.5. The molecule has 2 aromatic heterocycles. The third kappa shape index (κ3) is 2.05. The molecule has 1 aliphatic rings. The zero-order chi connectivity index (χ0) is 13.4. The monoisotopic (exact) mass is 257 g/mol. The Balaban J connectivity index is 2.23. The normalized spacial score (nSPS) is 16.9. The van der Waals surface area contributed by atoms with E-state index < -0.39 is 0 Å². The Bertz CT molecular complexity index is 624. The molecular formula is C15H19N3O. The van der Waals surface area contributed by atoms with Gasteiger partial charge in [-0.15, -0.1) is 0 Å². The molecular weight excluding hydrogens is 238 g/mol. The number of rotatable bonds is 2. The fraction of sp³-hybridized carbons (Fsp3) is 0.533. The fourth-order valence-electron chi connectivity index (χ4n) is 3.21. The summed E-state index contributed by atoms with van der Waals surface area (Å²) in [5.74, 6) is 1.28. The summed E-state index contributed by atoms with van der Waals surface area (Å²) in [4.78, 5) is 20.4. The van der Waals surface area contributed by atoms with E-state index in [4.69, 9.17) is 0 Å². The molecule has 0 amide bonds. The first kappa shape index (κ1) is 12.3. The molecule has 1 fully saturated rings. The van der Waals surface area contributed by atoms with Crippen LogP contribution in [0.25, 0.3) is 11.0 Å². The van der Waals surface area contributed by atoms with Gasteiger partial charge in [0.05, 0.1) is 11.1 Å². The molecule has 2 aromatic rings. The number of aryl methyl sites for hydroxylation is 2. The average Bonchev–Trinajstić information content (AvgIpc) is 2.76. The van der Waals surface area contributed by atoms with E-state index in [-0.39, 0.29) is 0 Å². The SMILES string of the molecule is Cc1nc(C2CCCCC2)c2c(C=O)cn(C)c2n1. The summed E-state index contributed by atoms with van der Waals surface area (Å²) in [5, 5.41) is 0.968. The minimum atomic E-state index is 0.485. The molecule has 0 bridgehead atoms. The minimum absolute atomic E-state index is 0.485. The third-order valence-corrected chi connectivity index (χ3v) is 4.10. The van der Waals surface area contributed by atoms with E-state index in [2.05, 4.69) is 9.97 Å². The Labute approximate surface area is 112 Å². The molecule has 0 aliphatic heterocycles. The molecule has 2 heterocycles. The standard InChI is InChI=1S/C15H19N3O/c1-10-16-14(11-6-4-3-5-7-11)13-12(9-19)8-18(2)15(13)17-10/h8-9,11H,3-7H2,1-2H3. The maximum atomic E-state index is 11.3. The van der Waals surface area contributed by atoms with Gasteiger partial charge in [0.2, 0.25) is 0 Å². The summed E-state index contributed by atoms with van der Waals surface area (Å²) in [7, 11) is 1.94. The van der Waals surface area contributed by atoms with E-state index in [0.29, 0.717) is 5.92 Å². The number of fused-ring (bicyclic) bond motifs is 1. The van der Waals surface area contributed by atoms with E-state index in [0.717, 1.165) is 34.4 Å². The molecule has 0 aromatic carbocycles. The Morgan fingerprint density at radius 3 is 2.68 bits per heavy atom. The lowest BCUT2D eigenvalue weighted by Gasteiger charge is -2.22. The van der Waals surface area contributed by atoms with E-state index in [1.807, 2.05) is 24.7 Å². The van der Waals surface area contributed by atoms with Crippen LogP contribution in [0.15, 0.2) is 6.20 Å². The highest BCUT2D eigenvalue weighted by Crippen LogP contribution is 2.36. The molecule has 0 unspecified atom stereocenters. The Kier molecular flexibility index (Phi) is 3.09.